The molecule has 12 heteroatoms. The van der Waals surface area contributed by atoms with E-state index in [1.54, 1.807) is 4.90 Å². The van der Waals surface area contributed by atoms with Crippen molar-refractivity contribution >= 4 is 18.0 Å². The second kappa shape index (κ2) is 11.7. The average Bonchev–Trinajstić information content (AvgIpc) is 3.57. The Bertz CT molecular complexity index is 1240. The number of likely N-dealkylation sites (tertiary alicyclic amines) is 1. The molecule has 0 radical (unpaired) electrons. The summed E-state index contributed by atoms with van der Waals surface area (Å²) >= 11 is 0. The zero-order chi connectivity index (χ0) is 27.4. The van der Waals surface area contributed by atoms with Crippen molar-refractivity contribution in [3.63, 3.8) is 0 Å². The van der Waals surface area contributed by atoms with E-state index < -0.39 is 18.2 Å². The molecule has 1 aromatic carbocycles. The Morgan fingerprint density at radius 2 is 1.95 bits per heavy atom. The fourth-order valence-corrected chi connectivity index (χ4v) is 5.41. The van der Waals surface area contributed by atoms with Gasteiger partial charge in [0, 0.05) is 31.2 Å². The highest BCUT2D eigenvalue weighted by Gasteiger charge is 2.36. The van der Waals surface area contributed by atoms with Gasteiger partial charge in [0.2, 0.25) is 0 Å². The minimum absolute atomic E-state index is 0.128. The van der Waals surface area contributed by atoms with E-state index in [0.717, 1.165) is 30.5 Å². The molecule has 3 aliphatic heterocycles. The predicted molar refractivity (Wildman–Crippen MR) is 140 cm³/mol. The molecule has 2 saturated heterocycles. The van der Waals surface area contributed by atoms with Gasteiger partial charge in [0.1, 0.15) is 19.0 Å². The van der Waals surface area contributed by atoms with Crippen molar-refractivity contribution in [3.05, 3.63) is 47.2 Å². The van der Waals surface area contributed by atoms with Crippen LogP contribution in [0.4, 0.5) is 15.4 Å². The molecule has 2 fully saturated rings. The number of nitrogens with zero attached hydrogens (tertiary/aromatic N) is 7. The molecule has 206 valence electrons. The van der Waals surface area contributed by atoms with E-state index in [1.165, 1.54) is 4.90 Å². The molecule has 1 N–H and O–H groups in total. The van der Waals surface area contributed by atoms with E-state index in [1.807, 2.05) is 35.2 Å². The first-order chi connectivity index (χ1) is 18.9. The number of carboxylic acid groups (broad SMARTS) is 1. The van der Waals surface area contributed by atoms with Crippen LogP contribution in [0, 0.1) is 11.3 Å². The lowest BCUT2D eigenvalue weighted by Crippen LogP contribution is -2.55. The molecule has 12 nitrogen and oxygen atoms in total. The summed E-state index contributed by atoms with van der Waals surface area (Å²) in [6.45, 7) is 3.11. The third-order valence-corrected chi connectivity index (χ3v) is 7.64. The molecule has 0 bridgehead atoms. The Labute approximate surface area is 227 Å². The standard InChI is InChI=1S/C27H33N7O5/c1-31-11-5-8-21(31)18-38-25-29-23-16-33(26(35)36)15-22(23)24(30-25)32-12-13-34(20(14-32)9-10-28)27(37)39-17-19-6-3-2-4-7-19/h2-4,6-7,20-21H,5,8-9,11-18H2,1H3,(H,35,36)/t20-,21-/m0/s1. The van der Waals surface area contributed by atoms with Gasteiger partial charge in [0.05, 0.1) is 37.3 Å². The first-order valence-electron chi connectivity index (χ1n) is 13.2. The lowest BCUT2D eigenvalue weighted by Gasteiger charge is -2.40. The maximum Gasteiger partial charge on any atom is 0.410 e. The van der Waals surface area contributed by atoms with Crippen LogP contribution in [0.5, 0.6) is 6.01 Å². The zero-order valence-corrected chi connectivity index (χ0v) is 22.0. The van der Waals surface area contributed by atoms with Crippen LogP contribution in [0.1, 0.15) is 36.1 Å². The fraction of sp³-hybridized carbons (Fsp3) is 0.519. The summed E-state index contributed by atoms with van der Waals surface area (Å²) in [5.41, 5.74) is 2.24. The molecular formula is C27H33N7O5. The SMILES string of the molecule is CN1CCC[C@H]1COc1nc2c(c(N3CCN(C(=O)OCc4ccccc4)[C@@H](CC#N)C3)n1)CN(C(=O)O)C2. The smallest absolute Gasteiger partial charge is 0.410 e. The normalized spacial score (nSPS) is 21.0. The van der Waals surface area contributed by atoms with Gasteiger partial charge in [-0.3, -0.25) is 4.90 Å². The predicted octanol–water partition coefficient (Wildman–Crippen LogP) is 2.68. The van der Waals surface area contributed by atoms with E-state index in [4.69, 9.17) is 14.5 Å². The van der Waals surface area contributed by atoms with Gasteiger partial charge in [-0.1, -0.05) is 30.3 Å². The van der Waals surface area contributed by atoms with Gasteiger partial charge in [-0.05, 0) is 32.0 Å². The number of likely N-dealkylation sites (N-methyl/N-ethyl adjacent to an activating group) is 1. The molecule has 0 unspecified atom stereocenters. The van der Waals surface area contributed by atoms with Gasteiger partial charge in [-0.2, -0.15) is 15.2 Å². The summed E-state index contributed by atoms with van der Waals surface area (Å²) in [5.74, 6) is 0.596. The van der Waals surface area contributed by atoms with Crippen LogP contribution in [-0.2, 0) is 24.4 Å². The molecule has 2 amide bonds. The van der Waals surface area contributed by atoms with E-state index in [-0.39, 0.29) is 38.2 Å². The molecule has 0 spiro atoms. The first-order valence-corrected chi connectivity index (χ1v) is 13.2. The number of carbonyl (C=O) groups excluding carboxylic acids is 1. The number of nitriles is 1. The lowest BCUT2D eigenvalue weighted by atomic mass is 10.1. The molecule has 0 aliphatic carbocycles. The van der Waals surface area contributed by atoms with Crippen molar-refractivity contribution in [3.8, 4) is 12.1 Å². The largest absolute Gasteiger partial charge is 0.465 e. The fourth-order valence-electron chi connectivity index (χ4n) is 5.41. The molecule has 1 aromatic heterocycles. The number of anilines is 1. The van der Waals surface area contributed by atoms with Gasteiger partial charge < -0.3 is 29.3 Å². The number of fused-ring (bicyclic) bond motifs is 1. The number of rotatable bonds is 7. The van der Waals surface area contributed by atoms with Gasteiger partial charge >= 0.3 is 18.2 Å². The second-order valence-electron chi connectivity index (χ2n) is 10.2. The highest BCUT2D eigenvalue weighted by molar-refractivity contribution is 5.69. The zero-order valence-electron chi connectivity index (χ0n) is 22.0. The maximum absolute atomic E-state index is 13.0. The Kier molecular flexibility index (Phi) is 7.97. The van der Waals surface area contributed by atoms with E-state index in [2.05, 4.69) is 23.0 Å². The highest BCUT2D eigenvalue weighted by atomic mass is 16.6. The second-order valence-corrected chi connectivity index (χ2v) is 10.2. The summed E-state index contributed by atoms with van der Waals surface area (Å²) in [6, 6.07) is 11.7. The lowest BCUT2D eigenvalue weighted by molar-refractivity contribution is 0.0767. The van der Waals surface area contributed by atoms with Crippen LogP contribution < -0.4 is 9.64 Å². The number of carbonyl (C=O) groups is 2. The highest BCUT2D eigenvalue weighted by Crippen LogP contribution is 2.33. The van der Waals surface area contributed by atoms with Crippen LogP contribution in [0.15, 0.2) is 30.3 Å². The Hall–Kier alpha value is -4.11. The Morgan fingerprint density at radius 3 is 2.67 bits per heavy atom. The average molecular weight is 536 g/mol. The third-order valence-electron chi connectivity index (χ3n) is 7.64. The monoisotopic (exact) mass is 535 g/mol. The molecular weight excluding hydrogens is 502 g/mol. The summed E-state index contributed by atoms with van der Waals surface area (Å²) in [4.78, 5) is 41.1. The summed E-state index contributed by atoms with van der Waals surface area (Å²) < 4.78 is 11.6. The van der Waals surface area contributed by atoms with Crippen LogP contribution in [-0.4, -0.2) is 93.9 Å². The van der Waals surface area contributed by atoms with Gasteiger partial charge in [0.15, 0.2) is 0 Å². The first kappa shape index (κ1) is 26.5. The Balaban J connectivity index is 1.33. The number of aromatic nitrogens is 2. The molecule has 3 aliphatic rings. The number of piperazine rings is 1. The van der Waals surface area contributed by atoms with E-state index in [0.29, 0.717) is 37.8 Å². The quantitative estimate of drug-likeness (QED) is 0.564. The van der Waals surface area contributed by atoms with Crippen molar-refractivity contribution < 1.29 is 24.2 Å². The minimum atomic E-state index is -1.03. The van der Waals surface area contributed by atoms with E-state index >= 15 is 0 Å². The number of amides is 2. The maximum atomic E-state index is 13.0. The van der Waals surface area contributed by atoms with Crippen molar-refractivity contribution in [2.45, 2.75) is 51.0 Å². The number of hydrogen-bond acceptors (Lipinski definition) is 9. The summed E-state index contributed by atoms with van der Waals surface area (Å²) in [5, 5.41) is 19.1. The van der Waals surface area contributed by atoms with Crippen molar-refractivity contribution in [2.75, 3.05) is 44.7 Å². The topological polar surface area (TPSA) is 135 Å². The minimum Gasteiger partial charge on any atom is -0.465 e. The van der Waals surface area contributed by atoms with Crippen LogP contribution in [0.2, 0.25) is 0 Å². The molecule has 2 aromatic rings. The number of hydrogen-bond donors (Lipinski definition) is 1. The van der Waals surface area contributed by atoms with Gasteiger partial charge in [-0.25, -0.2) is 9.59 Å². The van der Waals surface area contributed by atoms with Gasteiger partial charge in [0.25, 0.3) is 0 Å². The van der Waals surface area contributed by atoms with Gasteiger partial charge in [-0.15, -0.1) is 0 Å². The van der Waals surface area contributed by atoms with Crippen LogP contribution in [0.25, 0.3) is 0 Å². The van der Waals surface area contributed by atoms with E-state index in [9.17, 15) is 20.0 Å². The summed E-state index contributed by atoms with van der Waals surface area (Å²) in [6.07, 6.45) is 0.797. The van der Waals surface area contributed by atoms with Crippen molar-refractivity contribution in [2.24, 2.45) is 0 Å². The Morgan fingerprint density at radius 1 is 1.13 bits per heavy atom. The molecule has 0 saturated carbocycles. The molecule has 39 heavy (non-hydrogen) atoms. The summed E-state index contributed by atoms with van der Waals surface area (Å²) in [7, 11) is 2.07. The van der Waals surface area contributed by atoms with Crippen LogP contribution in [0.3, 0.4) is 0 Å². The molecule has 4 heterocycles. The number of ether oxygens (including phenoxy) is 2. The third kappa shape index (κ3) is 5.98. The number of benzene rings is 1. The van der Waals surface area contributed by atoms with Crippen molar-refractivity contribution in [1.82, 2.24) is 24.7 Å². The van der Waals surface area contributed by atoms with Crippen LogP contribution >= 0.6 is 0 Å². The van der Waals surface area contributed by atoms with Crippen molar-refractivity contribution in [1.29, 1.82) is 5.26 Å². The molecule has 2 atom stereocenters. The molecule has 5 rings (SSSR count).